The summed E-state index contributed by atoms with van der Waals surface area (Å²) in [6.45, 7) is 3.41. The van der Waals surface area contributed by atoms with Gasteiger partial charge in [-0.2, -0.15) is 0 Å². The van der Waals surface area contributed by atoms with Gasteiger partial charge in [-0.15, -0.1) is 11.6 Å². The van der Waals surface area contributed by atoms with Crippen LogP contribution in [0.4, 0.5) is 14.5 Å². The summed E-state index contributed by atoms with van der Waals surface area (Å²) in [4.78, 5) is 4.26. The normalized spacial score (nSPS) is 23.7. The SMILES string of the molecule is Fc1cc(CCl)cc(F)c1N1CCN2CCCC2C1. The minimum Gasteiger partial charge on any atom is -0.364 e. The van der Waals surface area contributed by atoms with E-state index in [9.17, 15) is 8.78 Å². The Kier molecular flexibility index (Phi) is 3.63. The average Bonchev–Trinajstić information content (AvgIpc) is 2.85. The van der Waals surface area contributed by atoms with Crippen molar-refractivity contribution in [3.63, 3.8) is 0 Å². The summed E-state index contributed by atoms with van der Waals surface area (Å²) in [7, 11) is 0. The summed E-state index contributed by atoms with van der Waals surface area (Å²) in [5, 5.41) is 0. The number of rotatable bonds is 2. The van der Waals surface area contributed by atoms with Crippen molar-refractivity contribution in [2.24, 2.45) is 0 Å². The Morgan fingerprint density at radius 1 is 1.16 bits per heavy atom. The fourth-order valence-electron chi connectivity index (χ4n) is 3.19. The first-order valence-electron chi connectivity index (χ1n) is 6.72. The number of hydrogen-bond acceptors (Lipinski definition) is 2. The molecule has 0 spiro atoms. The number of hydrogen-bond donors (Lipinski definition) is 0. The van der Waals surface area contributed by atoms with Gasteiger partial charge in [0.25, 0.3) is 0 Å². The highest BCUT2D eigenvalue weighted by Crippen LogP contribution is 2.30. The molecule has 2 nitrogen and oxygen atoms in total. The summed E-state index contributed by atoms with van der Waals surface area (Å²) < 4.78 is 28.1. The third-order valence-corrected chi connectivity index (χ3v) is 4.44. The molecule has 0 radical (unpaired) electrons. The molecule has 104 valence electrons. The number of nitrogens with zero attached hydrogens (tertiary/aromatic N) is 2. The largest absolute Gasteiger partial charge is 0.364 e. The first kappa shape index (κ1) is 13.1. The quantitative estimate of drug-likeness (QED) is 0.771. The van der Waals surface area contributed by atoms with Crippen LogP contribution < -0.4 is 4.90 Å². The number of fused-ring (bicyclic) bond motifs is 1. The first-order chi connectivity index (χ1) is 9.19. The maximum absolute atomic E-state index is 14.1. The van der Waals surface area contributed by atoms with Gasteiger partial charge in [0.15, 0.2) is 0 Å². The number of piperazine rings is 1. The van der Waals surface area contributed by atoms with Crippen LogP contribution in [-0.2, 0) is 5.88 Å². The lowest BCUT2D eigenvalue weighted by molar-refractivity contribution is 0.229. The fourth-order valence-corrected chi connectivity index (χ4v) is 3.35. The standard InChI is InChI=1S/C14H17ClF2N2/c15-8-10-6-12(16)14(13(17)7-10)19-5-4-18-3-1-2-11(18)9-19/h6-7,11H,1-5,8-9H2. The van der Waals surface area contributed by atoms with Crippen molar-refractivity contribution in [3.8, 4) is 0 Å². The molecule has 0 aromatic heterocycles. The van der Waals surface area contributed by atoms with Crippen molar-refractivity contribution in [1.82, 2.24) is 4.90 Å². The molecule has 2 aliphatic rings. The van der Waals surface area contributed by atoms with E-state index in [4.69, 9.17) is 11.6 Å². The zero-order chi connectivity index (χ0) is 13.4. The van der Waals surface area contributed by atoms with Crippen LogP contribution in [0.5, 0.6) is 0 Å². The molecule has 2 aliphatic heterocycles. The topological polar surface area (TPSA) is 6.48 Å². The van der Waals surface area contributed by atoms with Crippen molar-refractivity contribution < 1.29 is 8.78 Å². The van der Waals surface area contributed by atoms with Gasteiger partial charge in [0, 0.05) is 31.6 Å². The molecule has 2 saturated heterocycles. The summed E-state index contributed by atoms with van der Waals surface area (Å²) in [6.07, 6.45) is 2.31. The molecule has 19 heavy (non-hydrogen) atoms. The third-order valence-electron chi connectivity index (χ3n) is 4.13. The Bertz CT molecular complexity index is 458. The van der Waals surface area contributed by atoms with Crippen LogP contribution in [0.3, 0.4) is 0 Å². The molecule has 1 unspecified atom stereocenters. The zero-order valence-electron chi connectivity index (χ0n) is 10.7. The number of anilines is 1. The Morgan fingerprint density at radius 3 is 2.58 bits per heavy atom. The van der Waals surface area contributed by atoms with Gasteiger partial charge in [-0.3, -0.25) is 4.90 Å². The predicted molar refractivity (Wildman–Crippen MR) is 72.7 cm³/mol. The van der Waals surface area contributed by atoms with Crippen LogP contribution in [0.15, 0.2) is 12.1 Å². The van der Waals surface area contributed by atoms with Crippen molar-refractivity contribution >= 4 is 17.3 Å². The second-order valence-electron chi connectivity index (χ2n) is 5.32. The summed E-state index contributed by atoms with van der Waals surface area (Å²) in [5.74, 6) is -0.867. The Hall–Kier alpha value is -0.870. The summed E-state index contributed by atoms with van der Waals surface area (Å²) in [6, 6.07) is 3.12. The lowest BCUT2D eigenvalue weighted by atomic mass is 10.1. The molecular weight excluding hydrogens is 270 g/mol. The van der Waals surface area contributed by atoms with Gasteiger partial charge in [0.2, 0.25) is 0 Å². The highest BCUT2D eigenvalue weighted by molar-refractivity contribution is 6.17. The van der Waals surface area contributed by atoms with Crippen molar-refractivity contribution in [3.05, 3.63) is 29.3 Å². The molecule has 1 atom stereocenters. The number of alkyl halides is 1. The molecule has 2 fully saturated rings. The van der Waals surface area contributed by atoms with E-state index in [0.29, 0.717) is 24.7 Å². The Morgan fingerprint density at radius 2 is 1.89 bits per heavy atom. The Labute approximate surface area is 116 Å². The summed E-state index contributed by atoms with van der Waals surface area (Å²) in [5.41, 5.74) is 0.598. The molecule has 0 aliphatic carbocycles. The van der Waals surface area contributed by atoms with E-state index in [1.165, 1.54) is 18.6 Å². The van der Waals surface area contributed by atoms with Crippen LogP contribution in [0, 0.1) is 11.6 Å². The van der Waals surface area contributed by atoms with E-state index in [1.54, 1.807) is 0 Å². The first-order valence-corrected chi connectivity index (χ1v) is 7.25. The van der Waals surface area contributed by atoms with Gasteiger partial charge in [0.05, 0.1) is 0 Å². The molecule has 0 amide bonds. The van der Waals surface area contributed by atoms with Crippen LogP contribution >= 0.6 is 11.6 Å². The van der Waals surface area contributed by atoms with Crippen molar-refractivity contribution in [1.29, 1.82) is 0 Å². The predicted octanol–water partition coefficient (Wildman–Crippen LogP) is 2.99. The van der Waals surface area contributed by atoms with Crippen molar-refractivity contribution in [2.45, 2.75) is 24.8 Å². The van der Waals surface area contributed by atoms with Gasteiger partial charge in [-0.1, -0.05) is 0 Å². The molecule has 0 saturated carbocycles. The van der Waals surface area contributed by atoms with Gasteiger partial charge >= 0.3 is 0 Å². The molecule has 5 heteroatoms. The summed E-state index contributed by atoms with van der Waals surface area (Å²) >= 11 is 5.63. The lowest BCUT2D eigenvalue weighted by Gasteiger charge is -2.39. The molecular formula is C14H17ClF2N2. The van der Waals surface area contributed by atoms with Gasteiger partial charge < -0.3 is 4.90 Å². The lowest BCUT2D eigenvalue weighted by Crippen LogP contribution is -2.50. The molecule has 1 aromatic carbocycles. The maximum Gasteiger partial charge on any atom is 0.149 e. The van der Waals surface area contributed by atoms with E-state index < -0.39 is 11.6 Å². The van der Waals surface area contributed by atoms with E-state index in [0.717, 1.165) is 19.5 Å². The minimum atomic E-state index is -0.498. The number of benzene rings is 1. The van der Waals surface area contributed by atoms with Crippen LogP contribution in [0.1, 0.15) is 18.4 Å². The minimum absolute atomic E-state index is 0.111. The smallest absolute Gasteiger partial charge is 0.149 e. The van der Waals surface area contributed by atoms with E-state index in [-0.39, 0.29) is 11.6 Å². The highest BCUT2D eigenvalue weighted by Gasteiger charge is 2.32. The molecule has 1 aromatic rings. The monoisotopic (exact) mass is 286 g/mol. The third kappa shape index (κ3) is 2.43. The van der Waals surface area contributed by atoms with Crippen LogP contribution in [0.25, 0.3) is 0 Å². The van der Waals surface area contributed by atoms with E-state index in [2.05, 4.69) is 4.90 Å². The second-order valence-corrected chi connectivity index (χ2v) is 5.59. The molecule has 2 heterocycles. The fraction of sp³-hybridized carbons (Fsp3) is 0.571. The van der Waals surface area contributed by atoms with Crippen molar-refractivity contribution in [2.75, 3.05) is 31.1 Å². The molecule has 0 N–H and O–H groups in total. The average molecular weight is 287 g/mol. The second kappa shape index (κ2) is 5.25. The number of halogens is 3. The Balaban J connectivity index is 1.86. The van der Waals surface area contributed by atoms with Gasteiger partial charge in [0.1, 0.15) is 17.3 Å². The van der Waals surface area contributed by atoms with Crippen LogP contribution in [-0.4, -0.2) is 37.1 Å². The molecule has 0 bridgehead atoms. The molecule has 3 rings (SSSR count). The van der Waals surface area contributed by atoms with Gasteiger partial charge in [-0.25, -0.2) is 8.78 Å². The van der Waals surface area contributed by atoms with E-state index >= 15 is 0 Å². The zero-order valence-corrected chi connectivity index (χ0v) is 11.5. The maximum atomic E-state index is 14.1. The van der Waals surface area contributed by atoms with Crippen LogP contribution in [0.2, 0.25) is 0 Å². The van der Waals surface area contributed by atoms with Gasteiger partial charge in [-0.05, 0) is 37.1 Å². The van der Waals surface area contributed by atoms with E-state index in [1.807, 2.05) is 4.90 Å². The highest BCUT2D eigenvalue weighted by atomic mass is 35.5.